The van der Waals surface area contributed by atoms with Crippen molar-refractivity contribution in [1.82, 2.24) is 4.98 Å². The van der Waals surface area contributed by atoms with Gasteiger partial charge in [0.15, 0.2) is 0 Å². The molecular weight excluding hydrogens is 262 g/mol. The van der Waals surface area contributed by atoms with Crippen molar-refractivity contribution in [2.75, 3.05) is 6.61 Å². The van der Waals surface area contributed by atoms with Gasteiger partial charge in [0, 0.05) is 23.8 Å². The summed E-state index contributed by atoms with van der Waals surface area (Å²) in [4.78, 5) is 4.47. The Morgan fingerprint density at radius 2 is 2.00 bits per heavy atom. The lowest BCUT2D eigenvalue weighted by Crippen LogP contribution is -2.41. The van der Waals surface area contributed by atoms with Gasteiger partial charge in [-0.15, -0.1) is 0 Å². The molecule has 1 aromatic carbocycles. The van der Waals surface area contributed by atoms with E-state index in [-0.39, 0.29) is 0 Å². The van der Waals surface area contributed by atoms with Gasteiger partial charge in [0.1, 0.15) is 6.10 Å². The van der Waals surface area contributed by atoms with Crippen molar-refractivity contribution in [3.8, 4) is 0 Å². The number of para-hydroxylation sites is 1. The minimum atomic E-state index is -0.602. The van der Waals surface area contributed by atoms with E-state index < -0.39 is 11.7 Å². The zero-order valence-corrected chi connectivity index (χ0v) is 12.6. The molecule has 3 nitrogen and oxygen atoms in total. The Hall–Kier alpha value is -1.45. The number of fused-ring (bicyclic) bond motifs is 1. The second-order valence-electron chi connectivity index (χ2n) is 5.92. The zero-order chi connectivity index (χ0) is 14.7. The maximum absolute atomic E-state index is 10.9. The highest BCUT2D eigenvalue weighted by atomic mass is 16.5. The first kappa shape index (κ1) is 14.5. The van der Waals surface area contributed by atoms with Gasteiger partial charge in [-0.1, -0.05) is 37.5 Å². The fraction of sp³-hybridized carbons (Fsp3) is 0.500. The van der Waals surface area contributed by atoms with Gasteiger partial charge >= 0.3 is 0 Å². The lowest BCUT2D eigenvalue weighted by atomic mass is 9.78. The molecule has 1 fully saturated rings. The number of benzene rings is 1. The summed E-state index contributed by atoms with van der Waals surface area (Å²) in [7, 11) is 0. The number of aromatic nitrogens is 1. The van der Waals surface area contributed by atoms with E-state index in [2.05, 4.69) is 4.98 Å². The molecule has 0 bridgehead atoms. The highest BCUT2D eigenvalue weighted by Crippen LogP contribution is 2.41. The van der Waals surface area contributed by atoms with E-state index in [0.29, 0.717) is 6.61 Å². The third kappa shape index (κ3) is 2.81. The van der Waals surface area contributed by atoms with Crippen LogP contribution in [0, 0.1) is 0 Å². The third-order valence-corrected chi connectivity index (χ3v) is 4.56. The smallest absolute Gasteiger partial charge is 0.109 e. The number of nitrogens with zero attached hydrogens (tertiary/aromatic N) is 1. The van der Waals surface area contributed by atoms with E-state index in [4.69, 9.17) is 4.74 Å². The molecule has 1 unspecified atom stereocenters. The molecule has 0 radical (unpaired) electrons. The second-order valence-corrected chi connectivity index (χ2v) is 5.92. The molecule has 1 aliphatic rings. The van der Waals surface area contributed by atoms with Crippen LogP contribution in [-0.4, -0.2) is 22.3 Å². The fourth-order valence-corrected chi connectivity index (χ4v) is 3.48. The largest absolute Gasteiger partial charge is 0.385 e. The number of hydrogen-bond acceptors (Lipinski definition) is 3. The van der Waals surface area contributed by atoms with Crippen LogP contribution in [0.25, 0.3) is 10.9 Å². The lowest BCUT2D eigenvalue weighted by molar-refractivity contribution is -0.141. The van der Waals surface area contributed by atoms with Gasteiger partial charge < -0.3 is 9.84 Å². The Labute approximate surface area is 126 Å². The van der Waals surface area contributed by atoms with Gasteiger partial charge in [0.05, 0.1) is 11.1 Å². The average Bonchev–Trinajstić information content (AvgIpc) is 2.55. The van der Waals surface area contributed by atoms with E-state index in [9.17, 15) is 5.11 Å². The SMILES string of the molecule is CCOC1(C(O)c2cnc3ccccc3c2)CCCCC1. The van der Waals surface area contributed by atoms with Gasteiger partial charge in [-0.05, 0) is 31.9 Å². The Morgan fingerprint density at radius 1 is 1.24 bits per heavy atom. The molecule has 1 aromatic heterocycles. The van der Waals surface area contributed by atoms with Crippen LogP contribution in [0.15, 0.2) is 36.5 Å². The van der Waals surface area contributed by atoms with Crippen molar-refractivity contribution in [1.29, 1.82) is 0 Å². The molecule has 112 valence electrons. The minimum Gasteiger partial charge on any atom is -0.385 e. The number of pyridine rings is 1. The first-order valence-corrected chi connectivity index (χ1v) is 7.92. The van der Waals surface area contributed by atoms with Gasteiger partial charge in [-0.2, -0.15) is 0 Å². The lowest BCUT2D eigenvalue weighted by Gasteiger charge is -2.40. The molecule has 0 aliphatic heterocycles. The Kier molecular flexibility index (Phi) is 4.22. The standard InChI is InChI=1S/C18H23NO2/c1-2-21-18(10-6-3-7-11-18)17(20)15-12-14-8-4-5-9-16(14)19-13-15/h4-5,8-9,12-13,17,20H,2-3,6-7,10-11H2,1H3. The van der Waals surface area contributed by atoms with E-state index in [0.717, 1.165) is 42.1 Å². The summed E-state index contributed by atoms with van der Waals surface area (Å²) in [5, 5.41) is 12.0. The number of rotatable bonds is 4. The van der Waals surface area contributed by atoms with Crippen molar-refractivity contribution in [3.05, 3.63) is 42.1 Å². The quantitative estimate of drug-likeness (QED) is 0.923. The molecule has 3 heteroatoms. The van der Waals surface area contributed by atoms with Gasteiger partial charge in [-0.25, -0.2) is 0 Å². The Balaban J connectivity index is 1.95. The van der Waals surface area contributed by atoms with Crippen LogP contribution < -0.4 is 0 Å². The molecule has 0 amide bonds. The first-order chi connectivity index (χ1) is 10.2. The summed E-state index contributed by atoms with van der Waals surface area (Å²) in [6.07, 6.45) is 6.52. The molecule has 3 rings (SSSR count). The van der Waals surface area contributed by atoms with Crippen LogP contribution in [0.4, 0.5) is 0 Å². The number of hydrogen-bond donors (Lipinski definition) is 1. The van der Waals surface area contributed by atoms with Crippen molar-refractivity contribution < 1.29 is 9.84 Å². The fourth-order valence-electron chi connectivity index (χ4n) is 3.48. The summed E-state index contributed by atoms with van der Waals surface area (Å²) in [5.41, 5.74) is 1.39. The predicted molar refractivity (Wildman–Crippen MR) is 84.1 cm³/mol. The summed E-state index contributed by atoms with van der Waals surface area (Å²) >= 11 is 0. The highest BCUT2D eigenvalue weighted by molar-refractivity contribution is 5.78. The van der Waals surface area contributed by atoms with Crippen molar-refractivity contribution in [2.24, 2.45) is 0 Å². The van der Waals surface area contributed by atoms with Gasteiger partial charge in [-0.3, -0.25) is 4.98 Å². The topological polar surface area (TPSA) is 42.4 Å². The number of aliphatic hydroxyl groups excluding tert-OH is 1. The summed E-state index contributed by atoms with van der Waals surface area (Å²) < 4.78 is 6.02. The molecule has 1 atom stereocenters. The molecular formula is C18H23NO2. The maximum Gasteiger partial charge on any atom is 0.109 e. The van der Waals surface area contributed by atoms with Crippen LogP contribution >= 0.6 is 0 Å². The Morgan fingerprint density at radius 3 is 2.76 bits per heavy atom. The average molecular weight is 285 g/mol. The minimum absolute atomic E-state index is 0.433. The van der Waals surface area contributed by atoms with Crippen molar-refractivity contribution >= 4 is 10.9 Å². The predicted octanol–water partition coefficient (Wildman–Crippen LogP) is 4.01. The normalized spacial score (nSPS) is 19.5. The Bertz CT molecular complexity index is 599. The van der Waals surface area contributed by atoms with Crippen molar-refractivity contribution in [2.45, 2.75) is 50.7 Å². The molecule has 1 saturated carbocycles. The second kappa shape index (κ2) is 6.12. The van der Waals surface area contributed by atoms with Crippen LogP contribution in [-0.2, 0) is 4.74 Å². The summed E-state index contributed by atoms with van der Waals surface area (Å²) in [6, 6.07) is 10.0. The summed E-state index contributed by atoms with van der Waals surface area (Å²) in [5.74, 6) is 0. The third-order valence-electron chi connectivity index (χ3n) is 4.56. The van der Waals surface area contributed by atoms with Gasteiger partial charge in [0.25, 0.3) is 0 Å². The first-order valence-electron chi connectivity index (χ1n) is 7.92. The number of ether oxygens (including phenoxy) is 1. The van der Waals surface area contributed by atoms with E-state index in [1.54, 1.807) is 6.20 Å². The molecule has 2 aromatic rings. The zero-order valence-electron chi connectivity index (χ0n) is 12.6. The maximum atomic E-state index is 10.9. The molecule has 1 aliphatic carbocycles. The summed E-state index contributed by atoms with van der Waals surface area (Å²) in [6.45, 7) is 2.64. The molecule has 21 heavy (non-hydrogen) atoms. The number of aliphatic hydroxyl groups is 1. The molecule has 1 heterocycles. The van der Waals surface area contributed by atoms with Crippen LogP contribution in [0.2, 0.25) is 0 Å². The molecule has 0 saturated heterocycles. The molecule has 1 N–H and O–H groups in total. The monoisotopic (exact) mass is 285 g/mol. The van der Waals surface area contributed by atoms with E-state index in [1.807, 2.05) is 37.3 Å². The van der Waals surface area contributed by atoms with Crippen molar-refractivity contribution in [3.63, 3.8) is 0 Å². The van der Waals surface area contributed by atoms with Crippen LogP contribution in [0.1, 0.15) is 50.7 Å². The van der Waals surface area contributed by atoms with E-state index >= 15 is 0 Å². The van der Waals surface area contributed by atoms with Crippen LogP contribution in [0.5, 0.6) is 0 Å². The van der Waals surface area contributed by atoms with Crippen LogP contribution in [0.3, 0.4) is 0 Å². The van der Waals surface area contributed by atoms with Gasteiger partial charge in [0.2, 0.25) is 0 Å². The highest BCUT2D eigenvalue weighted by Gasteiger charge is 2.40. The molecule has 0 spiro atoms. The van der Waals surface area contributed by atoms with E-state index in [1.165, 1.54) is 6.42 Å².